The van der Waals surface area contributed by atoms with Crippen molar-refractivity contribution in [1.29, 1.82) is 0 Å². The van der Waals surface area contributed by atoms with E-state index in [0.717, 1.165) is 0 Å². The molecule has 138 valence electrons. The van der Waals surface area contributed by atoms with Crippen molar-refractivity contribution in [2.75, 3.05) is 6.61 Å². The lowest BCUT2D eigenvalue weighted by molar-refractivity contribution is -0.190. The number of benzene rings is 1. The van der Waals surface area contributed by atoms with Gasteiger partial charge < -0.3 is 29.7 Å². The zero-order chi connectivity index (χ0) is 18.4. The molecule has 0 aliphatic carbocycles. The third-order valence-corrected chi connectivity index (χ3v) is 4.54. The number of hydrogen-bond donors (Lipinski definition) is 3. The van der Waals surface area contributed by atoms with Gasteiger partial charge in [-0.05, 0) is 31.5 Å². The third-order valence-electron chi connectivity index (χ3n) is 4.06. The first-order valence-electron chi connectivity index (χ1n) is 7.67. The number of primary amides is 1. The molecule has 2 heterocycles. The van der Waals surface area contributed by atoms with Crippen molar-refractivity contribution >= 4 is 13.7 Å². The van der Waals surface area contributed by atoms with E-state index in [1.807, 2.05) is 0 Å². The molecule has 4 N–H and O–H groups in total. The van der Waals surface area contributed by atoms with Gasteiger partial charge in [0.25, 0.3) is 0 Å². The number of carbonyl (C=O) groups excluding carboxylic acids is 1. The number of rotatable bonds is 5. The van der Waals surface area contributed by atoms with Crippen molar-refractivity contribution in [1.82, 2.24) is 0 Å². The van der Waals surface area contributed by atoms with Crippen LogP contribution in [0.1, 0.15) is 35.9 Å². The van der Waals surface area contributed by atoms with E-state index in [1.165, 1.54) is 0 Å². The van der Waals surface area contributed by atoms with Crippen molar-refractivity contribution in [3.05, 3.63) is 35.4 Å². The highest BCUT2D eigenvalue weighted by atomic mass is 31.2. The zero-order valence-corrected chi connectivity index (χ0v) is 14.6. The lowest BCUT2D eigenvalue weighted by Crippen LogP contribution is -2.32. The Morgan fingerprint density at radius 2 is 2.00 bits per heavy atom. The van der Waals surface area contributed by atoms with Gasteiger partial charge in [-0.25, -0.2) is 4.57 Å². The predicted octanol–water partition coefficient (Wildman–Crippen LogP) is 0.855. The van der Waals surface area contributed by atoms with E-state index in [9.17, 15) is 9.36 Å². The Bertz CT molecular complexity index is 717. The third kappa shape index (κ3) is 4.09. The minimum Gasteiger partial charge on any atom is -0.366 e. The van der Waals surface area contributed by atoms with Crippen LogP contribution >= 0.6 is 7.82 Å². The molecule has 0 radical (unpaired) electrons. The first kappa shape index (κ1) is 18.5. The molecule has 3 rings (SSSR count). The summed E-state index contributed by atoms with van der Waals surface area (Å²) in [5.74, 6) is -1.44. The van der Waals surface area contributed by atoms with E-state index in [2.05, 4.69) is 4.52 Å². The van der Waals surface area contributed by atoms with Crippen molar-refractivity contribution in [3.8, 4) is 0 Å². The van der Waals surface area contributed by atoms with Crippen LogP contribution in [0, 0.1) is 0 Å². The molecule has 2 saturated heterocycles. The summed E-state index contributed by atoms with van der Waals surface area (Å²) in [5, 5.41) is 0. The molecule has 2 aliphatic heterocycles. The predicted molar refractivity (Wildman–Crippen MR) is 84.4 cm³/mol. The lowest BCUT2D eigenvalue weighted by Gasteiger charge is -2.24. The van der Waals surface area contributed by atoms with Crippen LogP contribution in [0.15, 0.2) is 24.3 Å². The fraction of sp³-hybridized carbons (Fsp3) is 0.533. The zero-order valence-electron chi connectivity index (χ0n) is 13.7. The van der Waals surface area contributed by atoms with E-state index in [-0.39, 0.29) is 6.61 Å². The fourth-order valence-corrected chi connectivity index (χ4v) is 3.47. The average molecular weight is 373 g/mol. The van der Waals surface area contributed by atoms with Crippen LogP contribution in [-0.4, -0.2) is 46.4 Å². The minimum absolute atomic E-state index is 0.325. The molecular weight excluding hydrogens is 353 g/mol. The molecule has 10 heteroatoms. The molecule has 0 saturated carbocycles. The first-order valence-corrected chi connectivity index (χ1v) is 9.20. The fourth-order valence-electron chi connectivity index (χ4n) is 3.12. The number of nitrogens with two attached hydrogens (primary N) is 1. The Hall–Kier alpha value is -1.32. The first-order chi connectivity index (χ1) is 11.6. The number of carbonyl (C=O) groups is 1. The summed E-state index contributed by atoms with van der Waals surface area (Å²) in [7, 11) is -4.64. The summed E-state index contributed by atoms with van der Waals surface area (Å²) in [6, 6.07) is 6.62. The highest BCUT2D eigenvalue weighted by Crippen LogP contribution is 2.46. The summed E-state index contributed by atoms with van der Waals surface area (Å²) >= 11 is 0. The van der Waals surface area contributed by atoms with Gasteiger partial charge in [-0.1, -0.05) is 12.1 Å². The molecule has 0 aromatic heterocycles. The summed E-state index contributed by atoms with van der Waals surface area (Å²) in [5.41, 5.74) is 6.30. The Balaban J connectivity index is 1.86. The van der Waals surface area contributed by atoms with Crippen molar-refractivity contribution in [2.45, 2.75) is 44.1 Å². The smallest absolute Gasteiger partial charge is 0.366 e. The lowest BCUT2D eigenvalue weighted by atomic mass is 10.00. The van der Waals surface area contributed by atoms with Gasteiger partial charge in [0.1, 0.15) is 24.4 Å². The Morgan fingerprint density at radius 3 is 2.64 bits per heavy atom. The molecule has 2 aliphatic rings. The Labute approximate surface area is 144 Å². The second-order valence-corrected chi connectivity index (χ2v) is 7.68. The molecule has 0 spiro atoms. The van der Waals surface area contributed by atoms with Gasteiger partial charge in [-0.2, -0.15) is 0 Å². The second kappa shape index (κ2) is 6.44. The molecule has 1 aromatic carbocycles. The van der Waals surface area contributed by atoms with E-state index in [4.69, 9.17) is 29.7 Å². The number of amides is 1. The van der Waals surface area contributed by atoms with Gasteiger partial charge in [0.05, 0.1) is 6.61 Å². The topological polar surface area (TPSA) is 138 Å². The monoisotopic (exact) mass is 373 g/mol. The van der Waals surface area contributed by atoms with Crippen LogP contribution in [0.5, 0.6) is 0 Å². The second-order valence-electron chi connectivity index (χ2n) is 6.44. The maximum absolute atomic E-state index is 11.4. The average Bonchev–Trinajstić information content (AvgIpc) is 2.97. The van der Waals surface area contributed by atoms with E-state index in [1.54, 1.807) is 38.1 Å². The van der Waals surface area contributed by atoms with Crippen LogP contribution in [0.3, 0.4) is 0 Å². The van der Waals surface area contributed by atoms with Crippen LogP contribution < -0.4 is 5.73 Å². The van der Waals surface area contributed by atoms with Crippen molar-refractivity contribution in [2.24, 2.45) is 5.73 Å². The van der Waals surface area contributed by atoms with Crippen molar-refractivity contribution in [3.63, 3.8) is 0 Å². The molecular formula is C15H20NO8P. The number of ether oxygens (including phenoxy) is 3. The standard InChI is InChI=1S/C15H20NO8P/c1-15(2)23-12-10(7-21-25(18,19)20)22-11(13(12)24-15)8-4-3-5-9(6-8)14(16)17/h3-6,10-13H,7H2,1-2H3,(H2,16,17)(H2,18,19,20)/t10-,11+,12-,13+/m1/s1. The van der Waals surface area contributed by atoms with E-state index in [0.29, 0.717) is 11.1 Å². The minimum atomic E-state index is -4.64. The Kier molecular flexibility index (Phi) is 4.76. The molecule has 0 bridgehead atoms. The number of fused-ring (bicyclic) bond motifs is 1. The van der Waals surface area contributed by atoms with Gasteiger partial charge in [0.2, 0.25) is 5.91 Å². The van der Waals surface area contributed by atoms with E-state index >= 15 is 0 Å². The molecule has 1 aromatic rings. The maximum atomic E-state index is 11.4. The number of phosphoric acid groups is 1. The SMILES string of the molecule is CC1(C)O[C@@H]2[C@H](O1)[C@@H](COP(=O)(O)O)O[C@H]2c1cccc(C(N)=O)c1. The molecule has 1 amide bonds. The van der Waals surface area contributed by atoms with Crippen LogP contribution in [0.2, 0.25) is 0 Å². The van der Waals surface area contributed by atoms with Gasteiger partial charge in [-0.15, -0.1) is 0 Å². The summed E-state index contributed by atoms with van der Waals surface area (Å²) in [6.45, 7) is 3.13. The van der Waals surface area contributed by atoms with Crippen molar-refractivity contribution < 1.29 is 37.9 Å². The molecule has 25 heavy (non-hydrogen) atoms. The van der Waals surface area contributed by atoms with Crippen LogP contribution in [0.25, 0.3) is 0 Å². The summed E-state index contributed by atoms with van der Waals surface area (Å²) in [6.07, 6.45) is -2.40. The molecule has 4 atom stereocenters. The summed E-state index contributed by atoms with van der Waals surface area (Å²) < 4.78 is 33.1. The van der Waals surface area contributed by atoms with Crippen LogP contribution in [-0.2, 0) is 23.3 Å². The largest absolute Gasteiger partial charge is 0.469 e. The number of phosphoric ester groups is 1. The normalized spacial score (nSPS) is 31.0. The quantitative estimate of drug-likeness (QED) is 0.646. The maximum Gasteiger partial charge on any atom is 0.469 e. The van der Waals surface area contributed by atoms with Gasteiger partial charge >= 0.3 is 7.82 Å². The van der Waals surface area contributed by atoms with Gasteiger partial charge in [-0.3, -0.25) is 9.32 Å². The van der Waals surface area contributed by atoms with Crippen LogP contribution in [0.4, 0.5) is 0 Å². The molecule has 2 fully saturated rings. The van der Waals surface area contributed by atoms with Gasteiger partial charge in [0.15, 0.2) is 5.79 Å². The highest BCUT2D eigenvalue weighted by Gasteiger charge is 2.55. The number of hydrogen-bond acceptors (Lipinski definition) is 6. The summed E-state index contributed by atoms with van der Waals surface area (Å²) in [4.78, 5) is 29.2. The molecule has 0 unspecified atom stereocenters. The van der Waals surface area contributed by atoms with E-state index < -0.39 is 43.9 Å². The van der Waals surface area contributed by atoms with Gasteiger partial charge in [0, 0.05) is 5.56 Å². The Morgan fingerprint density at radius 1 is 1.32 bits per heavy atom. The molecule has 9 nitrogen and oxygen atoms in total. The highest BCUT2D eigenvalue weighted by molar-refractivity contribution is 7.46.